The van der Waals surface area contributed by atoms with Crippen LogP contribution in [0.1, 0.15) is 39.2 Å². The lowest BCUT2D eigenvalue weighted by atomic mass is 9.75. The quantitative estimate of drug-likeness (QED) is 0.462. The Kier molecular flexibility index (Phi) is 8.85. The van der Waals surface area contributed by atoms with Crippen LogP contribution in [-0.4, -0.2) is 58.8 Å². The topological polar surface area (TPSA) is 60.9 Å². The van der Waals surface area contributed by atoms with Crippen molar-refractivity contribution < 1.29 is 27.9 Å². The maximum atomic E-state index is 12.8. The number of carboxylic acid groups (broad SMARTS) is 1. The first-order valence-electron chi connectivity index (χ1n) is 9.40. The lowest BCUT2D eigenvalue weighted by molar-refractivity contribution is -0.161. The predicted molar refractivity (Wildman–Crippen MR) is 116 cm³/mol. The third-order valence-corrected chi connectivity index (χ3v) is 5.62. The van der Waals surface area contributed by atoms with Gasteiger partial charge in [-0.3, -0.25) is 4.79 Å². The van der Waals surface area contributed by atoms with Crippen LogP contribution in [0.25, 0.3) is 0 Å². The van der Waals surface area contributed by atoms with E-state index >= 15 is 0 Å². The Morgan fingerprint density at radius 1 is 1.13 bits per heavy atom. The molecule has 1 atom stereocenters. The first-order valence-corrected chi connectivity index (χ1v) is 10.2. The monoisotopic (exact) mass is 482 g/mol. The van der Waals surface area contributed by atoms with E-state index in [-0.39, 0.29) is 29.6 Å². The number of likely N-dealkylation sites (N-methyl/N-ethyl adjacent to an activating group) is 1. The average molecular weight is 483 g/mol. The fourth-order valence-corrected chi connectivity index (χ4v) is 3.62. The second kappa shape index (κ2) is 10.1. The van der Waals surface area contributed by atoms with Crippen LogP contribution in [-0.2, 0) is 10.2 Å². The number of halogens is 5. The molecule has 0 saturated carbocycles. The second-order valence-electron chi connectivity index (χ2n) is 8.48. The normalized spacial score (nSPS) is 14.0. The van der Waals surface area contributed by atoms with Crippen LogP contribution in [0.2, 0.25) is 10.0 Å². The minimum absolute atomic E-state index is 0.112. The largest absolute Gasteiger partial charge is 0.465 e. The van der Waals surface area contributed by atoms with E-state index in [9.17, 15) is 27.9 Å². The van der Waals surface area contributed by atoms with Crippen molar-refractivity contribution in [3.05, 3.63) is 46.5 Å². The molecular formula is C21H27Cl2F3N2O3. The Morgan fingerprint density at radius 3 is 2.13 bits per heavy atom. The van der Waals surface area contributed by atoms with E-state index in [0.29, 0.717) is 5.56 Å². The van der Waals surface area contributed by atoms with Gasteiger partial charge in [-0.05, 0) is 44.9 Å². The van der Waals surface area contributed by atoms with Gasteiger partial charge in [-0.1, -0.05) is 35.3 Å². The molecule has 2 amide bonds. The zero-order chi connectivity index (χ0) is 24.2. The van der Waals surface area contributed by atoms with Crippen molar-refractivity contribution in [2.45, 2.75) is 50.7 Å². The third-order valence-electron chi connectivity index (χ3n) is 4.89. The molecule has 0 radical (unpaired) electrons. The van der Waals surface area contributed by atoms with Gasteiger partial charge in [-0.15, -0.1) is 6.58 Å². The Morgan fingerprint density at radius 2 is 1.71 bits per heavy atom. The molecule has 1 N–H and O–H groups in total. The molecule has 0 heterocycles. The molecule has 0 aromatic heterocycles. The van der Waals surface area contributed by atoms with Gasteiger partial charge in [0.2, 0.25) is 5.91 Å². The average Bonchev–Trinajstić information content (AvgIpc) is 2.59. The van der Waals surface area contributed by atoms with Gasteiger partial charge in [0.15, 0.2) is 0 Å². The molecular weight excluding hydrogens is 456 g/mol. The number of allylic oxidation sites excluding steroid dienone is 1. The summed E-state index contributed by atoms with van der Waals surface area (Å²) < 4.78 is 38.3. The summed E-state index contributed by atoms with van der Waals surface area (Å²) in [5.41, 5.74) is -1.40. The van der Waals surface area contributed by atoms with Crippen molar-refractivity contribution in [1.82, 2.24) is 9.80 Å². The summed E-state index contributed by atoms with van der Waals surface area (Å²) in [5, 5.41) is 10.3. The Bertz CT molecular complexity index is 825. The summed E-state index contributed by atoms with van der Waals surface area (Å²) >= 11 is 12.2. The summed E-state index contributed by atoms with van der Waals surface area (Å²) in [7, 11) is 1.26. The lowest BCUT2D eigenvalue weighted by Crippen LogP contribution is -2.55. The number of carbonyl (C=O) groups is 2. The molecule has 0 bridgehead atoms. The van der Waals surface area contributed by atoms with Gasteiger partial charge in [0.25, 0.3) is 0 Å². The van der Waals surface area contributed by atoms with Gasteiger partial charge in [-0.25, -0.2) is 4.79 Å². The third kappa shape index (κ3) is 7.61. The molecule has 0 saturated heterocycles. The number of benzene rings is 1. The number of hydrogen-bond acceptors (Lipinski definition) is 2. The second-order valence-corrected chi connectivity index (χ2v) is 9.30. The summed E-state index contributed by atoms with van der Waals surface area (Å²) in [5.74, 6) is -1.13. The van der Waals surface area contributed by atoms with Crippen molar-refractivity contribution >= 4 is 35.2 Å². The number of alkyl halides is 3. The highest BCUT2D eigenvalue weighted by Crippen LogP contribution is 2.36. The minimum Gasteiger partial charge on any atom is -0.465 e. The molecule has 0 fully saturated rings. The molecule has 0 aliphatic carbocycles. The maximum absolute atomic E-state index is 12.8. The molecule has 1 unspecified atom stereocenters. The van der Waals surface area contributed by atoms with Crippen LogP contribution in [0.3, 0.4) is 0 Å². The maximum Gasteiger partial charge on any atom is 0.407 e. The molecule has 1 aromatic carbocycles. The highest BCUT2D eigenvalue weighted by Gasteiger charge is 2.41. The van der Waals surface area contributed by atoms with Crippen molar-refractivity contribution in [2.24, 2.45) is 0 Å². The molecule has 0 aliphatic heterocycles. The molecule has 1 aromatic rings. The number of nitrogens with zero attached hydrogens (tertiary/aromatic N) is 2. The highest BCUT2D eigenvalue weighted by atomic mass is 35.5. The highest BCUT2D eigenvalue weighted by molar-refractivity contribution is 6.42. The number of rotatable bonds is 8. The first-order chi connectivity index (χ1) is 14.0. The van der Waals surface area contributed by atoms with E-state index in [1.807, 2.05) is 0 Å². The van der Waals surface area contributed by atoms with E-state index in [1.165, 1.54) is 30.2 Å². The molecule has 10 heteroatoms. The summed E-state index contributed by atoms with van der Waals surface area (Å²) in [6.45, 7) is 8.53. The fraction of sp³-hybridized carbons (Fsp3) is 0.524. The SMILES string of the molecule is C=CCC(CN(C)C(=O)CC(F)(F)F)(CN(C(=O)O)C(C)(C)C)c1ccc(Cl)c(Cl)c1. The molecule has 0 spiro atoms. The molecule has 5 nitrogen and oxygen atoms in total. The standard InChI is InChI=1S/C21H27Cl2F3N2O3/c1-6-9-20(13-28(18(30)31)19(2,3)4,14-7-8-15(22)16(23)10-14)12-27(5)17(29)11-21(24,25)26/h6-8,10H,1,9,11-13H2,2-5H3,(H,30,31). The van der Waals surface area contributed by atoms with E-state index in [0.717, 1.165) is 4.90 Å². The van der Waals surface area contributed by atoms with Crippen LogP contribution >= 0.6 is 23.2 Å². The van der Waals surface area contributed by atoms with Crippen LogP contribution in [0.15, 0.2) is 30.9 Å². The van der Waals surface area contributed by atoms with E-state index in [2.05, 4.69) is 6.58 Å². The summed E-state index contributed by atoms with van der Waals surface area (Å²) in [4.78, 5) is 26.4. The van der Waals surface area contributed by atoms with Crippen molar-refractivity contribution in [2.75, 3.05) is 20.1 Å². The molecule has 174 valence electrons. The van der Waals surface area contributed by atoms with E-state index in [4.69, 9.17) is 23.2 Å². The van der Waals surface area contributed by atoms with Gasteiger partial charge in [0, 0.05) is 31.1 Å². The van der Waals surface area contributed by atoms with Crippen molar-refractivity contribution in [3.8, 4) is 0 Å². The Balaban J connectivity index is 3.56. The zero-order valence-electron chi connectivity index (χ0n) is 17.9. The summed E-state index contributed by atoms with van der Waals surface area (Å²) in [6.07, 6.45) is -5.77. The minimum atomic E-state index is -4.66. The molecule has 31 heavy (non-hydrogen) atoms. The van der Waals surface area contributed by atoms with Crippen LogP contribution < -0.4 is 0 Å². The van der Waals surface area contributed by atoms with Crippen molar-refractivity contribution in [3.63, 3.8) is 0 Å². The Hall–Kier alpha value is -1.93. The summed E-state index contributed by atoms with van der Waals surface area (Å²) in [6, 6.07) is 4.69. The van der Waals surface area contributed by atoms with Gasteiger partial charge in [0.05, 0.1) is 10.0 Å². The van der Waals surface area contributed by atoms with E-state index in [1.54, 1.807) is 26.8 Å². The van der Waals surface area contributed by atoms with Gasteiger partial charge >= 0.3 is 12.3 Å². The lowest BCUT2D eigenvalue weighted by Gasteiger charge is -2.44. The van der Waals surface area contributed by atoms with Gasteiger partial charge < -0.3 is 14.9 Å². The molecule has 1 rings (SSSR count). The van der Waals surface area contributed by atoms with Gasteiger partial charge in [0.1, 0.15) is 6.42 Å². The number of carbonyl (C=O) groups excluding carboxylic acids is 1. The van der Waals surface area contributed by atoms with Crippen LogP contribution in [0, 0.1) is 0 Å². The van der Waals surface area contributed by atoms with Gasteiger partial charge in [-0.2, -0.15) is 13.2 Å². The van der Waals surface area contributed by atoms with E-state index < -0.39 is 35.6 Å². The predicted octanol–water partition coefficient (Wildman–Crippen LogP) is 6.00. The van der Waals surface area contributed by atoms with Crippen LogP contribution in [0.4, 0.5) is 18.0 Å². The smallest absolute Gasteiger partial charge is 0.407 e. The zero-order valence-corrected chi connectivity index (χ0v) is 19.4. The van der Waals surface area contributed by atoms with Crippen LogP contribution in [0.5, 0.6) is 0 Å². The number of hydrogen-bond donors (Lipinski definition) is 1. The Labute approximate surface area is 190 Å². The first kappa shape index (κ1) is 27.1. The van der Waals surface area contributed by atoms with Crippen molar-refractivity contribution in [1.29, 1.82) is 0 Å². The molecule has 0 aliphatic rings. The number of amides is 2. The fourth-order valence-electron chi connectivity index (χ4n) is 3.32.